The van der Waals surface area contributed by atoms with Crippen LogP contribution in [0.5, 0.6) is 0 Å². The highest BCUT2D eigenvalue weighted by atomic mass is 15.0. The smallest absolute Gasteiger partial charge is 0.188 e. The number of para-hydroxylation sites is 2. The van der Waals surface area contributed by atoms with Gasteiger partial charge in [-0.1, -0.05) is 164 Å². The van der Waals surface area contributed by atoms with E-state index in [1.807, 2.05) is 48.5 Å². The van der Waals surface area contributed by atoms with Crippen LogP contribution in [0.2, 0.25) is 0 Å². The maximum absolute atomic E-state index is 8.08. The van der Waals surface area contributed by atoms with E-state index in [0.29, 0.717) is 11.5 Å². The molecule has 5 nitrogen and oxygen atoms in total. The van der Waals surface area contributed by atoms with E-state index in [0.717, 1.165) is 94.5 Å². The Kier molecular flexibility index (Phi) is 8.81. The molecule has 0 amide bonds. The van der Waals surface area contributed by atoms with Gasteiger partial charge in [0.25, 0.3) is 0 Å². The monoisotopic (exact) mass is 815 g/mol. The van der Waals surface area contributed by atoms with Crippen LogP contribution in [0.15, 0.2) is 224 Å². The van der Waals surface area contributed by atoms with Gasteiger partial charge in [-0.05, 0) is 77.2 Å². The summed E-state index contributed by atoms with van der Waals surface area (Å²) in [5.41, 5.74) is 16.0. The fourth-order valence-corrected chi connectivity index (χ4v) is 9.42. The van der Waals surface area contributed by atoms with Crippen molar-refractivity contribution in [3.8, 4) is 67.5 Å². The third-order valence-electron chi connectivity index (χ3n) is 12.3. The minimum Gasteiger partial charge on any atom is -0.309 e. The minimum atomic E-state index is 0.600. The standard InChI is InChI=1S/C59H37N5/c1-60-44-30-32-56-50(36-44)51-37-45(63-54-28-16-14-26-46(54)47-27-15-17-29-55(47)63)31-33-57(51)64(56)58-48(39-18-6-2-7-19-39)34-43(35-49(58)40-20-8-3-9-21-40)53-38-52(41-22-10-4-11-23-41)61-59(62-53)42-24-12-5-13-25-42/h2-38H. The summed E-state index contributed by atoms with van der Waals surface area (Å²) in [7, 11) is 0. The second-order valence-electron chi connectivity index (χ2n) is 16.1. The Morgan fingerprint density at radius 1 is 0.344 bits per heavy atom. The van der Waals surface area contributed by atoms with Gasteiger partial charge in [0.05, 0.1) is 45.7 Å². The molecule has 9 aromatic carbocycles. The van der Waals surface area contributed by atoms with Gasteiger partial charge in [0.1, 0.15) is 0 Å². The SMILES string of the molecule is [C-]#[N+]c1ccc2c(c1)c1cc(-n3c4ccccc4c4ccccc43)ccc1n2-c1c(-c2ccccc2)cc(-c2cc(-c3ccccc3)nc(-c3ccccc3)n2)cc1-c1ccccc1. The first-order valence-corrected chi connectivity index (χ1v) is 21.4. The number of rotatable bonds is 7. The van der Waals surface area contributed by atoms with Crippen molar-refractivity contribution in [1.82, 2.24) is 19.1 Å². The summed E-state index contributed by atoms with van der Waals surface area (Å²) in [6.07, 6.45) is 0. The summed E-state index contributed by atoms with van der Waals surface area (Å²) < 4.78 is 4.77. The van der Waals surface area contributed by atoms with Gasteiger partial charge < -0.3 is 9.13 Å². The van der Waals surface area contributed by atoms with Gasteiger partial charge in [-0.15, -0.1) is 0 Å². The van der Waals surface area contributed by atoms with Crippen molar-refractivity contribution in [2.24, 2.45) is 0 Å². The molecule has 0 spiro atoms. The van der Waals surface area contributed by atoms with E-state index in [1.165, 1.54) is 10.8 Å². The molecular formula is C59H37N5. The predicted molar refractivity (Wildman–Crippen MR) is 264 cm³/mol. The van der Waals surface area contributed by atoms with Crippen molar-refractivity contribution >= 4 is 49.3 Å². The highest BCUT2D eigenvalue weighted by molar-refractivity contribution is 6.14. The van der Waals surface area contributed by atoms with Crippen LogP contribution in [0.1, 0.15) is 0 Å². The quantitative estimate of drug-likeness (QED) is 0.150. The van der Waals surface area contributed by atoms with Crippen molar-refractivity contribution < 1.29 is 0 Å². The molecule has 0 saturated carbocycles. The molecule has 0 saturated heterocycles. The topological polar surface area (TPSA) is 40.0 Å². The van der Waals surface area contributed by atoms with Crippen LogP contribution in [-0.2, 0) is 0 Å². The molecule has 0 aliphatic heterocycles. The first kappa shape index (κ1) is 37.0. The number of fused-ring (bicyclic) bond motifs is 6. The van der Waals surface area contributed by atoms with E-state index >= 15 is 0 Å². The fourth-order valence-electron chi connectivity index (χ4n) is 9.42. The fraction of sp³-hybridized carbons (Fsp3) is 0. The molecule has 0 N–H and O–H groups in total. The molecular weight excluding hydrogens is 779 g/mol. The van der Waals surface area contributed by atoms with Crippen molar-refractivity contribution in [3.05, 3.63) is 236 Å². The largest absolute Gasteiger partial charge is 0.309 e. The highest BCUT2D eigenvalue weighted by Crippen LogP contribution is 2.45. The Morgan fingerprint density at radius 2 is 0.797 bits per heavy atom. The molecule has 298 valence electrons. The molecule has 0 aliphatic rings. The van der Waals surface area contributed by atoms with E-state index in [1.54, 1.807) is 0 Å². The van der Waals surface area contributed by atoms with Gasteiger partial charge in [0.2, 0.25) is 0 Å². The summed E-state index contributed by atoms with van der Waals surface area (Å²) in [5.74, 6) is 0.667. The molecule has 0 fully saturated rings. The molecule has 12 aromatic rings. The third kappa shape index (κ3) is 6.16. The molecule has 3 aromatic heterocycles. The van der Waals surface area contributed by atoms with Crippen LogP contribution in [0, 0.1) is 6.57 Å². The average molecular weight is 816 g/mol. The zero-order valence-corrected chi connectivity index (χ0v) is 34.6. The van der Waals surface area contributed by atoms with E-state index in [-0.39, 0.29) is 0 Å². The highest BCUT2D eigenvalue weighted by Gasteiger charge is 2.24. The van der Waals surface area contributed by atoms with E-state index < -0.39 is 0 Å². The van der Waals surface area contributed by atoms with Gasteiger partial charge in [0.15, 0.2) is 11.5 Å². The normalized spacial score (nSPS) is 11.4. The third-order valence-corrected chi connectivity index (χ3v) is 12.3. The lowest BCUT2D eigenvalue weighted by Crippen LogP contribution is -2.03. The lowest BCUT2D eigenvalue weighted by Gasteiger charge is -2.21. The zero-order valence-electron chi connectivity index (χ0n) is 34.6. The van der Waals surface area contributed by atoms with Crippen molar-refractivity contribution in [2.45, 2.75) is 0 Å². The number of benzene rings is 9. The summed E-state index contributed by atoms with van der Waals surface area (Å²) in [4.78, 5) is 14.4. The first-order chi connectivity index (χ1) is 31.7. The summed E-state index contributed by atoms with van der Waals surface area (Å²) in [6, 6.07) is 78.7. The molecule has 5 heteroatoms. The second kappa shape index (κ2) is 15.3. The van der Waals surface area contributed by atoms with Gasteiger partial charge in [-0.2, -0.15) is 0 Å². The average Bonchev–Trinajstić information content (AvgIpc) is 3.88. The van der Waals surface area contributed by atoms with Gasteiger partial charge >= 0.3 is 0 Å². The maximum atomic E-state index is 8.08. The number of hydrogen-bond acceptors (Lipinski definition) is 2. The Balaban J connectivity index is 1.17. The van der Waals surface area contributed by atoms with Crippen molar-refractivity contribution in [2.75, 3.05) is 0 Å². The first-order valence-electron chi connectivity index (χ1n) is 21.4. The molecule has 64 heavy (non-hydrogen) atoms. The molecule has 0 bridgehead atoms. The predicted octanol–water partition coefficient (Wildman–Crippen LogP) is 15.6. The van der Waals surface area contributed by atoms with E-state index in [2.05, 4.69) is 190 Å². The van der Waals surface area contributed by atoms with Gasteiger partial charge in [0, 0.05) is 49.7 Å². The van der Waals surface area contributed by atoms with Crippen molar-refractivity contribution in [1.29, 1.82) is 0 Å². The van der Waals surface area contributed by atoms with Crippen LogP contribution in [0.4, 0.5) is 5.69 Å². The maximum Gasteiger partial charge on any atom is 0.188 e. The molecule has 12 rings (SSSR count). The minimum absolute atomic E-state index is 0.600. The van der Waals surface area contributed by atoms with Crippen LogP contribution in [0.25, 0.3) is 116 Å². The zero-order chi connectivity index (χ0) is 42.6. The Morgan fingerprint density at radius 3 is 1.36 bits per heavy atom. The lowest BCUT2D eigenvalue weighted by molar-refractivity contribution is 1.16. The molecule has 0 radical (unpaired) electrons. The Hall–Kier alpha value is -8.85. The summed E-state index contributed by atoms with van der Waals surface area (Å²) in [6.45, 7) is 8.08. The molecule has 0 unspecified atom stereocenters. The van der Waals surface area contributed by atoms with Crippen LogP contribution in [0.3, 0.4) is 0 Å². The number of hydrogen-bond donors (Lipinski definition) is 0. The van der Waals surface area contributed by atoms with Crippen molar-refractivity contribution in [3.63, 3.8) is 0 Å². The lowest BCUT2D eigenvalue weighted by atomic mass is 9.91. The van der Waals surface area contributed by atoms with E-state index in [9.17, 15) is 0 Å². The molecule has 0 aliphatic carbocycles. The van der Waals surface area contributed by atoms with Gasteiger partial charge in [-0.3, -0.25) is 0 Å². The summed E-state index contributed by atoms with van der Waals surface area (Å²) >= 11 is 0. The Labute approximate surface area is 370 Å². The van der Waals surface area contributed by atoms with Crippen LogP contribution in [-0.4, -0.2) is 19.1 Å². The number of aromatic nitrogens is 4. The summed E-state index contributed by atoms with van der Waals surface area (Å²) in [5, 5.41) is 4.51. The second-order valence-corrected chi connectivity index (χ2v) is 16.1. The Bertz CT molecular complexity index is 3600. The molecule has 3 heterocycles. The van der Waals surface area contributed by atoms with E-state index in [4.69, 9.17) is 16.5 Å². The molecule has 0 atom stereocenters. The van der Waals surface area contributed by atoms with Crippen LogP contribution < -0.4 is 0 Å². The van der Waals surface area contributed by atoms with Crippen LogP contribution >= 0.6 is 0 Å². The van der Waals surface area contributed by atoms with Gasteiger partial charge in [-0.25, -0.2) is 14.8 Å². The number of nitrogens with zero attached hydrogens (tertiary/aromatic N) is 5.